The molecule has 92 valence electrons. The van der Waals surface area contributed by atoms with Crippen LogP contribution in [0, 0.1) is 6.92 Å². The van der Waals surface area contributed by atoms with Gasteiger partial charge in [-0.15, -0.1) is 0 Å². The molecule has 0 unspecified atom stereocenters. The predicted molar refractivity (Wildman–Crippen MR) is 65.7 cm³/mol. The van der Waals surface area contributed by atoms with Crippen LogP contribution in [-0.4, -0.2) is 23.0 Å². The van der Waals surface area contributed by atoms with Gasteiger partial charge in [0.1, 0.15) is 11.9 Å². The van der Waals surface area contributed by atoms with Crippen LogP contribution in [0.2, 0.25) is 0 Å². The summed E-state index contributed by atoms with van der Waals surface area (Å²) in [6, 6.07) is 5.09. The Hall–Kier alpha value is -1.84. The van der Waals surface area contributed by atoms with Gasteiger partial charge in [-0.25, -0.2) is 0 Å². The second-order valence-corrected chi connectivity index (χ2v) is 4.81. The number of carbonyl (C=O) groups is 1. The van der Waals surface area contributed by atoms with Gasteiger partial charge in [0.15, 0.2) is 0 Å². The number of hydrogen-bond donors (Lipinski definition) is 1. The van der Waals surface area contributed by atoms with Crippen LogP contribution in [0.3, 0.4) is 0 Å². The molecule has 1 aromatic rings. The highest BCUT2D eigenvalue weighted by atomic mass is 16.5. The van der Waals surface area contributed by atoms with Gasteiger partial charge in [0.25, 0.3) is 5.90 Å². The molecular formula is C13H17NO3. The number of benzene rings is 1. The van der Waals surface area contributed by atoms with E-state index in [0.717, 1.165) is 11.8 Å². The maximum atomic E-state index is 10.6. The number of aryl methyl sites for hydroxylation is 1. The smallest absolute Gasteiger partial charge is 0.258 e. The minimum absolute atomic E-state index is 0.160. The Morgan fingerprint density at radius 3 is 2.47 bits per heavy atom. The highest BCUT2D eigenvalue weighted by molar-refractivity contribution is 5.96. The minimum Gasteiger partial charge on any atom is -0.469 e. The molecule has 1 aromatic carbocycles. The van der Waals surface area contributed by atoms with E-state index < -0.39 is 5.60 Å². The summed E-state index contributed by atoms with van der Waals surface area (Å²) in [6.45, 7) is 7.44. The lowest BCUT2D eigenvalue weighted by atomic mass is 10.1. The Morgan fingerprint density at radius 1 is 1.41 bits per heavy atom. The van der Waals surface area contributed by atoms with Gasteiger partial charge in [0, 0.05) is 11.1 Å². The molecule has 4 nitrogen and oxygen atoms in total. The summed E-state index contributed by atoms with van der Waals surface area (Å²) in [7, 11) is 0. The molecule has 0 amide bonds. The van der Waals surface area contributed by atoms with Gasteiger partial charge in [-0.3, -0.25) is 4.79 Å². The van der Waals surface area contributed by atoms with Crippen LogP contribution in [0.4, 0.5) is 0 Å². The standard InChI is InChI=1S/C13H17NO3/c1-9-7-10(8-15)5-6-11(9)12(14-16)17-13(2,3)4/h5-8,16H,1-4H3. The number of rotatable bonds is 2. The fourth-order valence-electron chi connectivity index (χ4n) is 1.42. The zero-order valence-electron chi connectivity index (χ0n) is 10.5. The van der Waals surface area contributed by atoms with Crippen molar-refractivity contribution in [2.45, 2.75) is 33.3 Å². The largest absolute Gasteiger partial charge is 0.469 e. The molecule has 0 fully saturated rings. The molecule has 1 N–H and O–H groups in total. The monoisotopic (exact) mass is 235 g/mol. The molecule has 0 saturated heterocycles. The Balaban J connectivity index is 3.10. The van der Waals surface area contributed by atoms with E-state index in [-0.39, 0.29) is 5.90 Å². The maximum absolute atomic E-state index is 10.6. The van der Waals surface area contributed by atoms with E-state index in [1.165, 1.54) is 0 Å². The van der Waals surface area contributed by atoms with E-state index in [1.54, 1.807) is 18.2 Å². The molecule has 0 radical (unpaired) electrons. The number of hydrogen-bond acceptors (Lipinski definition) is 4. The maximum Gasteiger partial charge on any atom is 0.258 e. The van der Waals surface area contributed by atoms with Gasteiger partial charge < -0.3 is 9.94 Å². The van der Waals surface area contributed by atoms with Crippen LogP contribution in [0.5, 0.6) is 0 Å². The molecule has 0 aliphatic rings. The van der Waals surface area contributed by atoms with Crippen molar-refractivity contribution >= 4 is 12.2 Å². The second kappa shape index (κ2) is 4.99. The Morgan fingerprint density at radius 2 is 2.06 bits per heavy atom. The van der Waals surface area contributed by atoms with Crippen LogP contribution in [0.15, 0.2) is 23.4 Å². The fraction of sp³-hybridized carbons (Fsp3) is 0.385. The molecule has 0 heterocycles. The average Bonchev–Trinajstić information content (AvgIpc) is 2.24. The van der Waals surface area contributed by atoms with Crippen molar-refractivity contribution in [3.8, 4) is 0 Å². The Labute approximate surface area is 101 Å². The van der Waals surface area contributed by atoms with Gasteiger partial charge in [0.2, 0.25) is 0 Å². The fourth-order valence-corrected chi connectivity index (χ4v) is 1.42. The van der Waals surface area contributed by atoms with E-state index in [1.807, 2.05) is 27.7 Å². The van der Waals surface area contributed by atoms with E-state index in [9.17, 15) is 4.79 Å². The van der Waals surface area contributed by atoms with Crippen molar-refractivity contribution in [2.75, 3.05) is 0 Å². The first kappa shape index (κ1) is 13.2. The summed E-state index contributed by atoms with van der Waals surface area (Å²) < 4.78 is 5.54. The quantitative estimate of drug-likeness (QED) is 0.282. The SMILES string of the molecule is Cc1cc(C=O)ccc1C(=NO)OC(C)(C)C. The Bertz CT molecular complexity index is 444. The average molecular weight is 235 g/mol. The predicted octanol–water partition coefficient (Wildman–Crippen LogP) is 2.76. The van der Waals surface area contributed by atoms with E-state index >= 15 is 0 Å². The van der Waals surface area contributed by atoms with Gasteiger partial charge in [-0.1, -0.05) is 6.07 Å². The van der Waals surface area contributed by atoms with Crippen LogP contribution in [0.1, 0.15) is 42.3 Å². The first-order valence-corrected chi connectivity index (χ1v) is 5.34. The van der Waals surface area contributed by atoms with Crippen LogP contribution < -0.4 is 0 Å². The van der Waals surface area contributed by atoms with Gasteiger partial charge >= 0.3 is 0 Å². The summed E-state index contributed by atoms with van der Waals surface area (Å²) in [5.74, 6) is 0.160. The molecule has 1 rings (SSSR count). The molecule has 0 aliphatic carbocycles. The van der Waals surface area contributed by atoms with E-state index in [2.05, 4.69) is 5.16 Å². The highest BCUT2D eigenvalue weighted by Crippen LogP contribution is 2.16. The summed E-state index contributed by atoms with van der Waals surface area (Å²) in [6.07, 6.45) is 0.775. The molecule has 0 aromatic heterocycles. The number of oxime groups is 1. The van der Waals surface area contributed by atoms with Crippen LogP contribution >= 0.6 is 0 Å². The molecule has 0 aliphatic heterocycles. The molecular weight excluding hydrogens is 218 g/mol. The number of carbonyl (C=O) groups excluding carboxylic acids is 1. The summed E-state index contributed by atoms with van der Waals surface area (Å²) >= 11 is 0. The molecule has 17 heavy (non-hydrogen) atoms. The van der Waals surface area contributed by atoms with E-state index in [4.69, 9.17) is 9.94 Å². The molecule has 0 spiro atoms. The zero-order chi connectivity index (χ0) is 13.1. The van der Waals surface area contributed by atoms with Crippen molar-refractivity contribution in [3.05, 3.63) is 34.9 Å². The normalized spacial score (nSPS) is 12.4. The third kappa shape index (κ3) is 3.59. The molecule has 4 heteroatoms. The molecule has 0 bridgehead atoms. The number of nitrogens with zero attached hydrogens (tertiary/aromatic N) is 1. The topological polar surface area (TPSA) is 58.9 Å². The summed E-state index contributed by atoms with van der Waals surface area (Å²) in [5.41, 5.74) is 1.64. The lowest BCUT2D eigenvalue weighted by Crippen LogP contribution is -2.25. The zero-order valence-corrected chi connectivity index (χ0v) is 10.5. The highest BCUT2D eigenvalue weighted by Gasteiger charge is 2.18. The lowest BCUT2D eigenvalue weighted by molar-refractivity contribution is 0.108. The van der Waals surface area contributed by atoms with Gasteiger partial charge in [0.05, 0.1) is 0 Å². The number of ether oxygens (including phenoxy) is 1. The third-order valence-corrected chi connectivity index (χ3v) is 2.11. The van der Waals surface area contributed by atoms with Crippen LogP contribution in [-0.2, 0) is 4.74 Å². The summed E-state index contributed by atoms with van der Waals surface area (Å²) in [4.78, 5) is 10.6. The van der Waals surface area contributed by atoms with E-state index in [0.29, 0.717) is 11.1 Å². The second-order valence-electron chi connectivity index (χ2n) is 4.81. The van der Waals surface area contributed by atoms with Gasteiger partial charge in [-0.2, -0.15) is 0 Å². The van der Waals surface area contributed by atoms with Gasteiger partial charge in [-0.05, 0) is 50.5 Å². The first-order valence-electron chi connectivity index (χ1n) is 5.34. The lowest BCUT2D eigenvalue weighted by Gasteiger charge is -2.22. The Kier molecular flexibility index (Phi) is 3.89. The van der Waals surface area contributed by atoms with Crippen molar-refractivity contribution < 1.29 is 14.7 Å². The van der Waals surface area contributed by atoms with Crippen LogP contribution in [0.25, 0.3) is 0 Å². The number of aldehydes is 1. The molecule has 0 saturated carbocycles. The van der Waals surface area contributed by atoms with Crippen molar-refractivity contribution in [1.82, 2.24) is 0 Å². The first-order chi connectivity index (χ1) is 7.87. The minimum atomic E-state index is -0.447. The van der Waals surface area contributed by atoms with Crippen molar-refractivity contribution in [3.63, 3.8) is 0 Å². The van der Waals surface area contributed by atoms with Crippen molar-refractivity contribution in [1.29, 1.82) is 0 Å². The summed E-state index contributed by atoms with van der Waals surface area (Å²) in [5, 5.41) is 12.2. The van der Waals surface area contributed by atoms with Crippen molar-refractivity contribution in [2.24, 2.45) is 5.16 Å². The molecule has 0 atom stereocenters. The third-order valence-electron chi connectivity index (χ3n) is 2.11.